The topological polar surface area (TPSA) is 17.1 Å². The Morgan fingerprint density at radius 3 is 3.09 bits per heavy atom. The van der Waals surface area contributed by atoms with Crippen molar-refractivity contribution < 1.29 is 4.79 Å². The Bertz CT molecular complexity index is 252. The number of rotatable bonds is 0. The van der Waals surface area contributed by atoms with Crippen molar-refractivity contribution in [3.05, 3.63) is 11.6 Å². The standard InChI is InChI=1S/C10H12O/c11-9-5-7-3-1-2-6-4-8(9)10(6)7/h2,7-8,10H,1,3-5H2. The van der Waals surface area contributed by atoms with Crippen LogP contribution in [0.25, 0.3) is 0 Å². The maximum atomic E-state index is 11.4. The van der Waals surface area contributed by atoms with Gasteiger partial charge in [-0.05, 0) is 31.1 Å². The van der Waals surface area contributed by atoms with Crippen molar-refractivity contribution in [1.82, 2.24) is 0 Å². The minimum absolute atomic E-state index is 0.464. The molecule has 0 aromatic heterocycles. The summed E-state index contributed by atoms with van der Waals surface area (Å²) in [6.07, 6.45) is 6.88. The summed E-state index contributed by atoms with van der Waals surface area (Å²) in [5, 5.41) is 0. The average molecular weight is 148 g/mol. The highest BCUT2D eigenvalue weighted by molar-refractivity contribution is 5.86. The molecule has 0 amide bonds. The average Bonchev–Trinajstić information content (AvgIpc) is 2.19. The third-order valence-corrected chi connectivity index (χ3v) is 3.65. The van der Waals surface area contributed by atoms with Crippen LogP contribution in [0.15, 0.2) is 11.6 Å². The van der Waals surface area contributed by atoms with Crippen molar-refractivity contribution in [2.24, 2.45) is 17.8 Å². The largest absolute Gasteiger partial charge is 0.299 e. The van der Waals surface area contributed by atoms with Gasteiger partial charge >= 0.3 is 0 Å². The molecule has 0 aliphatic heterocycles. The van der Waals surface area contributed by atoms with Crippen LogP contribution in [0.4, 0.5) is 0 Å². The smallest absolute Gasteiger partial charge is 0.137 e. The molecule has 0 bridgehead atoms. The maximum Gasteiger partial charge on any atom is 0.137 e. The lowest BCUT2D eigenvalue weighted by Crippen LogP contribution is -2.32. The van der Waals surface area contributed by atoms with Crippen LogP contribution in [-0.4, -0.2) is 5.78 Å². The fourth-order valence-corrected chi connectivity index (χ4v) is 3.08. The van der Waals surface area contributed by atoms with Crippen LogP contribution in [0, 0.1) is 17.8 Å². The van der Waals surface area contributed by atoms with Crippen LogP contribution in [0.3, 0.4) is 0 Å². The van der Waals surface area contributed by atoms with E-state index in [0.717, 1.165) is 24.7 Å². The summed E-state index contributed by atoms with van der Waals surface area (Å²) in [6.45, 7) is 0. The molecule has 1 nitrogen and oxygen atoms in total. The summed E-state index contributed by atoms with van der Waals surface area (Å²) in [5.41, 5.74) is 1.61. The molecule has 3 aliphatic carbocycles. The van der Waals surface area contributed by atoms with Gasteiger partial charge in [-0.2, -0.15) is 0 Å². The number of hydrogen-bond donors (Lipinski definition) is 0. The molecule has 11 heavy (non-hydrogen) atoms. The number of hydrogen-bond acceptors (Lipinski definition) is 1. The summed E-state index contributed by atoms with van der Waals surface area (Å²) in [6, 6.07) is 0. The van der Waals surface area contributed by atoms with Gasteiger partial charge in [-0.3, -0.25) is 4.79 Å². The van der Waals surface area contributed by atoms with E-state index in [1.165, 1.54) is 12.8 Å². The highest BCUT2D eigenvalue weighted by Crippen LogP contribution is 2.55. The van der Waals surface area contributed by atoms with E-state index in [-0.39, 0.29) is 0 Å². The van der Waals surface area contributed by atoms with Gasteiger partial charge in [0, 0.05) is 12.3 Å². The second-order valence-corrected chi connectivity index (χ2v) is 4.12. The Morgan fingerprint density at radius 2 is 2.27 bits per heavy atom. The Labute approximate surface area is 66.5 Å². The zero-order valence-electron chi connectivity index (χ0n) is 6.55. The minimum Gasteiger partial charge on any atom is -0.299 e. The first-order chi connectivity index (χ1) is 5.36. The first kappa shape index (κ1) is 5.99. The number of Topliss-reactive ketones (excluding diaryl/α,β-unsaturated/α-hetero) is 1. The van der Waals surface area contributed by atoms with E-state index >= 15 is 0 Å². The van der Waals surface area contributed by atoms with Gasteiger partial charge < -0.3 is 0 Å². The Balaban J connectivity index is 2.01. The zero-order chi connectivity index (χ0) is 7.42. The van der Waals surface area contributed by atoms with E-state index in [9.17, 15) is 4.79 Å². The normalized spacial score (nSPS) is 46.4. The van der Waals surface area contributed by atoms with Crippen molar-refractivity contribution in [3.63, 3.8) is 0 Å². The second-order valence-electron chi connectivity index (χ2n) is 4.12. The predicted molar refractivity (Wildman–Crippen MR) is 42.0 cm³/mol. The zero-order valence-corrected chi connectivity index (χ0v) is 6.55. The molecular weight excluding hydrogens is 136 g/mol. The SMILES string of the molecule is O=C1CC2CCC=C3CC1C32. The molecule has 3 aliphatic rings. The summed E-state index contributed by atoms with van der Waals surface area (Å²) in [4.78, 5) is 11.4. The van der Waals surface area contributed by atoms with E-state index in [1.54, 1.807) is 5.57 Å². The van der Waals surface area contributed by atoms with Crippen molar-refractivity contribution in [2.45, 2.75) is 25.7 Å². The van der Waals surface area contributed by atoms with Crippen molar-refractivity contribution >= 4 is 5.78 Å². The monoisotopic (exact) mass is 148 g/mol. The maximum absolute atomic E-state index is 11.4. The van der Waals surface area contributed by atoms with Gasteiger partial charge in [-0.1, -0.05) is 11.6 Å². The number of carbonyl (C=O) groups excluding carboxylic acids is 1. The predicted octanol–water partition coefficient (Wildman–Crippen LogP) is 1.93. The van der Waals surface area contributed by atoms with E-state index in [0.29, 0.717) is 11.7 Å². The lowest BCUT2D eigenvalue weighted by atomic mass is 9.64. The molecule has 0 aromatic carbocycles. The first-order valence-corrected chi connectivity index (χ1v) is 4.58. The molecule has 3 rings (SSSR count). The van der Waals surface area contributed by atoms with Crippen LogP contribution in [-0.2, 0) is 4.79 Å². The molecular formula is C10H12O. The fraction of sp³-hybridized carbons (Fsp3) is 0.700. The number of ketones is 1. The Morgan fingerprint density at radius 1 is 1.36 bits per heavy atom. The van der Waals surface area contributed by atoms with Crippen LogP contribution in [0.5, 0.6) is 0 Å². The van der Waals surface area contributed by atoms with E-state index in [4.69, 9.17) is 0 Å². The van der Waals surface area contributed by atoms with Crippen LogP contribution >= 0.6 is 0 Å². The molecule has 0 spiro atoms. The number of carbonyl (C=O) groups is 1. The van der Waals surface area contributed by atoms with Gasteiger partial charge in [-0.15, -0.1) is 0 Å². The van der Waals surface area contributed by atoms with Crippen LogP contribution in [0.2, 0.25) is 0 Å². The fourth-order valence-electron chi connectivity index (χ4n) is 3.08. The van der Waals surface area contributed by atoms with Gasteiger partial charge in [0.05, 0.1) is 0 Å². The molecule has 0 N–H and O–H groups in total. The van der Waals surface area contributed by atoms with Gasteiger partial charge in [-0.25, -0.2) is 0 Å². The molecule has 2 saturated carbocycles. The first-order valence-electron chi connectivity index (χ1n) is 4.58. The summed E-state index contributed by atoms with van der Waals surface area (Å²) in [7, 11) is 0. The van der Waals surface area contributed by atoms with E-state index in [2.05, 4.69) is 6.08 Å². The summed E-state index contributed by atoms with van der Waals surface area (Å²) in [5.74, 6) is 2.49. The number of allylic oxidation sites excluding steroid dienone is 2. The van der Waals surface area contributed by atoms with Crippen molar-refractivity contribution in [2.75, 3.05) is 0 Å². The third kappa shape index (κ3) is 0.597. The lowest BCUT2D eigenvalue weighted by molar-refractivity contribution is -0.122. The van der Waals surface area contributed by atoms with Gasteiger partial charge in [0.1, 0.15) is 5.78 Å². The molecule has 0 saturated heterocycles. The van der Waals surface area contributed by atoms with E-state index in [1.807, 2.05) is 0 Å². The summed E-state index contributed by atoms with van der Waals surface area (Å²) < 4.78 is 0. The minimum atomic E-state index is 0.464. The molecule has 3 atom stereocenters. The van der Waals surface area contributed by atoms with Gasteiger partial charge in [0.25, 0.3) is 0 Å². The molecule has 0 radical (unpaired) electrons. The molecule has 3 unspecified atom stereocenters. The van der Waals surface area contributed by atoms with Crippen molar-refractivity contribution in [3.8, 4) is 0 Å². The van der Waals surface area contributed by atoms with Crippen LogP contribution < -0.4 is 0 Å². The molecule has 0 aromatic rings. The third-order valence-electron chi connectivity index (χ3n) is 3.65. The quantitative estimate of drug-likeness (QED) is 0.480. The van der Waals surface area contributed by atoms with Gasteiger partial charge in [0.2, 0.25) is 0 Å². The van der Waals surface area contributed by atoms with Gasteiger partial charge in [0.15, 0.2) is 0 Å². The Kier molecular flexibility index (Phi) is 0.961. The molecule has 2 fully saturated rings. The van der Waals surface area contributed by atoms with E-state index < -0.39 is 0 Å². The Hall–Kier alpha value is -0.590. The highest BCUT2D eigenvalue weighted by Gasteiger charge is 2.51. The molecule has 1 heteroatoms. The summed E-state index contributed by atoms with van der Waals surface area (Å²) >= 11 is 0. The molecule has 0 heterocycles. The lowest BCUT2D eigenvalue weighted by Gasteiger charge is -2.39. The highest BCUT2D eigenvalue weighted by atomic mass is 16.1. The van der Waals surface area contributed by atoms with Crippen LogP contribution in [0.1, 0.15) is 25.7 Å². The molecule has 58 valence electrons. The second kappa shape index (κ2) is 1.77. The van der Waals surface area contributed by atoms with Crippen molar-refractivity contribution in [1.29, 1.82) is 0 Å².